The van der Waals surface area contributed by atoms with Gasteiger partial charge in [-0.25, -0.2) is 9.97 Å². The van der Waals surface area contributed by atoms with Crippen molar-refractivity contribution >= 4 is 11.6 Å². The van der Waals surface area contributed by atoms with E-state index in [1.54, 1.807) is 0 Å². The van der Waals surface area contributed by atoms with E-state index in [0.717, 1.165) is 30.3 Å². The molecule has 4 heteroatoms. The molecule has 24 heavy (non-hydrogen) atoms. The number of aryl methyl sites for hydroxylation is 1. The Balaban J connectivity index is 1.79. The van der Waals surface area contributed by atoms with E-state index in [9.17, 15) is 0 Å². The fraction of sp³-hybridized carbons (Fsp3) is 0.500. The second-order valence-electron chi connectivity index (χ2n) is 7.09. The molecular weight excluding hydrogens is 296 g/mol. The predicted molar refractivity (Wildman–Crippen MR) is 103 cm³/mol. The van der Waals surface area contributed by atoms with E-state index in [4.69, 9.17) is 0 Å². The molecule has 130 valence electrons. The molecule has 0 saturated carbocycles. The zero-order valence-electron chi connectivity index (χ0n) is 15.5. The van der Waals surface area contributed by atoms with Gasteiger partial charge in [0, 0.05) is 24.5 Å². The molecule has 2 aromatic rings. The minimum atomic E-state index is 0.377. The monoisotopic (exact) mass is 326 g/mol. The standard InChI is InChI=1S/C20H30N4/c1-14(2)18-7-6-8-20(24-18)23-17(5)11-16(4)13-22-19-10-9-15(3)12-21-19/h6-10,12,14,16-17H,11,13H2,1-5H3,(H,21,22)(H,23,24). The summed E-state index contributed by atoms with van der Waals surface area (Å²) in [7, 11) is 0. The summed E-state index contributed by atoms with van der Waals surface area (Å²) in [5.41, 5.74) is 2.31. The summed E-state index contributed by atoms with van der Waals surface area (Å²) >= 11 is 0. The van der Waals surface area contributed by atoms with Crippen molar-refractivity contribution in [1.82, 2.24) is 9.97 Å². The van der Waals surface area contributed by atoms with Crippen LogP contribution in [0.25, 0.3) is 0 Å². The van der Waals surface area contributed by atoms with Crippen LogP contribution in [0, 0.1) is 12.8 Å². The normalized spacial score (nSPS) is 13.6. The highest BCUT2D eigenvalue weighted by molar-refractivity contribution is 5.37. The SMILES string of the molecule is Cc1ccc(NCC(C)CC(C)Nc2cccc(C(C)C)n2)nc1. The van der Waals surface area contributed by atoms with E-state index in [1.807, 2.05) is 18.3 Å². The molecule has 0 saturated heterocycles. The minimum Gasteiger partial charge on any atom is -0.370 e. The maximum absolute atomic E-state index is 4.68. The summed E-state index contributed by atoms with van der Waals surface area (Å²) in [6, 6.07) is 10.7. The zero-order valence-corrected chi connectivity index (χ0v) is 15.5. The van der Waals surface area contributed by atoms with Crippen LogP contribution in [0.2, 0.25) is 0 Å². The van der Waals surface area contributed by atoms with Crippen LogP contribution in [0.15, 0.2) is 36.5 Å². The van der Waals surface area contributed by atoms with E-state index in [2.05, 4.69) is 73.4 Å². The molecule has 2 N–H and O–H groups in total. The van der Waals surface area contributed by atoms with Crippen molar-refractivity contribution < 1.29 is 0 Å². The molecule has 2 unspecified atom stereocenters. The van der Waals surface area contributed by atoms with Crippen LogP contribution in [0.1, 0.15) is 51.3 Å². The van der Waals surface area contributed by atoms with Crippen molar-refractivity contribution in [3.63, 3.8) is 0 Å². The number of anilines is 2. The lowest BCUT2D eigenvalue weighted by atomic mass is 10.0. The fourth-order valence-corrected chi connectivity index (χ4v) is 2.70. The lowest BCUT2D eigenvalue weighted by molar-refractivity contribution is 0.518. The van der Waals surface area contributed by atoms with E-state index >= 15 is 0 Å². The van der Waals surface area contributed by atoms with Crippen LogP contribution >= 0.6 is 0 Å². The van der Waals surface area contributed by atoms with Gasteiger partial charge < -0.3 is 10.6 Å². The summed E-state index contributed by atoms with van der Waals surface area (Å²) in [6.45, 7) is 11.8. The average molecular weight is 326 g/mol. The summed E-state index contributed by atoms with van der Waals surface area (Å²) in [5.74, 6) is 2.91. The highest BCUT2D eigenvalue weighted by atomic mass is 15.0. The molecule has 2 atom stereocenters. The van der Waals surface area contributed by atoms with Crippen molar-refractivity contribution in [2.75, 3.05) is 17.2 Å². The Hall–Kier alpha value is -2.10. The lowest BCUT2D eigenvalue weighted by Crippen LogP contribution is -2.23. The molecule has 0 amide bonds. The molecule has 0 aliphatic carbocycles. The first-order valence-electron chi connectivity index (χ1n) is 8.84. The topological polar surface area (TPSA) is 49.8 Å². The third kappa shape index (κ3) is 5.84. The number of hydrogen-bond acceptors (Lipinski definition) is 4. The molecule has 0 radical (unpaired) electrons. The first-order valence-corrected chi connectivity index (χ1v) is 8.84. The third-order valence-electron chi connectivity index (χ3n) is 4.06. The number of pyridine rings is 2. The predicted octanol–water partition coefficient (Wildman–Crippen LogP) is 4.85. The van der Waals surface area contributed by atoms with Gasteiger partial charge in [0.25, 0.3) is 0 Å². The first kappa shape index (κ1) is 18.2. The van der Waals surface area contributed by atoms with Gasteiger partial charge in [-0.3, -0.25) is 0 Å². The van der Waals surface area contributed by atoms with Crippen LogP contribution in [0.4, 0.5) is 11.6 Å². The summed E-state index contributed by atoms with van der Waals surface area (Å²) in [4.78, 5) is 9.07. The van der Waals surface area contributed by atoms with Gasteiger partial charge in [-0.2, -0.15) is 0 Å². The Labute approximate surface area is 146 Å². The van der Waals surface area contributed by atoms with Gasteiger partial charge in [0.2, 0.25) is 0 Å². The van der Waals surface area contributed by atoms with Crippen LogP contribution in [0.5, 0.6) is 0 Å². The van der Waals surface area contributed by atoms with Gasteiger partial charge in [-0.05, 0) is 55.9 Å². The Morgan fingerprint density at radius 1 is 1.00 bits per heavy atom. The lowest BCUT2D eigenvalue weighted by Gasteiger charge is -2.20. The Bertz CT molecular complexity index is 622. The van der Waals surface area contributed by atoms with Crippen LogP contribution < -0.4 is 10.6 Å². The van der Waals surface area contributed by atoms with E-state index in [1.165, 1.54) is 5.56 Å². The molecule has 0 aromatic carbocycles. The fourth-order valence-electron chi connectivity index (χ4n) is 2.70. The minimum absolute atomic E-state index is 0.377. The van der Waals surface area contributed by atoms with Crippen molar-refractivity contribution in [1.29, 1.82) is 0 Å². The summed E-state index contributed by atoms with van der Waals surface area (Å²) < 4.78 is 0. The highest BCUT2D eigenvalue weighted by Crippen LogP contribution is 2.16. The first-order chi connectivity index (χ1) is 11.4. The molecule has 0 aliphatic heterocycles. The van der Waals surface area contributed by atoms with Gasteiger partial charge in [-0.1, -0.05) is 32.9 Å². The Kier molecular flexibility index (Phi) is 6.59. The second kappa shape index (κ2) is 8.67. The molecular formula is C20H30N4. The number of rotatable bonds is 8. The molecule has 2 heterocycles. The van der Waals surface area contributed by atoms with Crippen molar-refractivity contribution in [3.05, 3.63) is 47.8 Å². The summed E-state index contributed by atoms with van der Waals surface area (Å²) in [6.07, 6.45) is 2.97. The Morgan fingerprint density at radius 2 is 1.79 bits per heavy atom. The molecule has 2 aromatic heterocycles. The largest absolute Gasteiger partial charge is 0.370 e. The zero-order chi connectivity index (χ0) is 17.5. The van der Waals surface area contributed by atoms with E-state index < -0.39 is 0 Å². The Morgan fingerprint density at radius 3 is 2.46 bits per heavy atom. The summed E-state index contributed by atoms with van der Waals surface area (Å²) in [5, 5.41) is 6.93. The van der Waals surface area contributed by atoms with Gasteiger partial charge in [0.05, 0.1) is 0 Å². The van der Waals surface area contributed by atoms with E-state index in [0.29, 0.717) is 17.9 Å². The second-order valence-corrected chi connectivity index (χ2v) is 7.09. The van der Waals surface area contributed by atoms with Gasteiger partial charge in [-0.15, -0.1) is 0 Å². The smallest absolute Gasteiger partial charge is 0.126 e. The maximum Gasteiger partial charge on any atom is 0.126 e. The molecule has 0 aliphatic rings. The van der Waals surface area contributed by atoms with Crippen molar-refractivity contribution in [3.8, 4) is 0 Å². The van der Waals surface area contributed by atoms with Gasteiger partial charge in [0.1, 0.15) is 11.6 Å². The third-order valence-corrected chi connectivity index (χ3v) is 4.06. The molecule has 2 rings (SSSR count). The van der Waals surface area contributed by atoms with E-state index in [-0.39, 0.29) is 0 Å². The van der Waals surface area contributed by atoms with Gasteiger partial charge >= 0.3 is 0 Å². The van der Waals surface area contributed by atoms with Crippen LogP contribution in [-0.4, -0.2) is 22.6 Å². The number of nitrogens with one attached hydrogen (secondary N) is 2. The van der Waals surface area contributed by atoms with Crippen molar-refractivity contribution in [2.45, 2.75) is 53.0 Å². The average Bonchev–Trinajstić information content (AvgIpc) is 2.54. The molecule has 0 spiro atoms. The highest BCUT2D eigenvalue weighted by Gasteiger charge is 2.10. The number of nitrogens with zero attached hydrogens (tertiary/aromatic N) is 2. The van der Waals surface area contributed by atoms with Crippen LogP contribution in [0.3, 0.4) is 0 Å². The molecule has 0 bridgehead atoms. The van der Waals surface area contributed by atoms with Crippen LogP contribution in [-0.2, 0) is 0 Å². The molecule has 4 nitrogen and oxygen atoms in total. The van der Waals surface area contributed by atoms with Crippen molar-refractivity contribution in [2.24, 2.45) is 5.92 Å². The molecule has 0 fully saturated rings. The number of aromatic nitrogens is 2. The number of hydrogen-bond donors (Lipinski definition) is 2. The van der Waals surface area contributed by atoms with Gasteiger partial charge in [0.15, 0.2) is 0 Å². The quantitative estimate of drug-likeness (QED) is 0.728. The maximum atomic E-state index is 4.68.